The van der Waals surface area contributed by atoms with Crippen LogP contribution in [0.2, 0.25) is 0 Å². The Hall–Kier alpha value is -2.36. The predicted octanol–water partition coefficient (Wildman–Crippen LogP) is 3.77. The number of unbranched alkanes of at least 4 members (excludes halogenated alkanes) is 1. The molecular formula is C19H23N3O. The van der Waals surface area contributed by atoms with Gasteiger partial charge >= 0.3 is 0 Å². The summed E-state index contributed by atoms with van der Waals surface area (Å²) in [6.07, 6.45) is 5.32. The van der Waals surface area contributed by atoms with Crippen molar-refractivity contribution in [2.45, 2.75) is 39.2 Å². The molecule has 0 spiro atoms. The molecule has 0 atom stereocenters. The van der Waals surface area contributed by atoms with Gasteiger partial charge in [0.15, 0.2) is 0 Å². The summed E-state index contributed by atoms with van der Waals surface area (Å²) in [5.74, 6) is 1.03. The van der Waals surface area contributed by atoms with E-state index in [1.54, 1.807) is 6.20 Å². The minimum atomic E-state index is 0.0632. The van der Waals surface area contributed by atoms with Gasteiger partial charge in [0.25, 0.3) is 0 Å². The van der Waals surface area contributed by atoms with E-state index in [2.05, 4.69) is 46.4 Å². The molecule has 120 valence electrons. The highest BCUT2D eigenvalue weighted by molar-refractivity contribution is 5.90. The first-order valence-corrected chi connectivity index (χ1v) is 8.34. The summed E-state index contributed by atoms with van der Waals surface area (Å²) < 4.78 is 0. The van der Waals surface area contributed by atoms with E-state index in [0.29, 0.717) is 6.42 Å². The van der Waals surface area contributed by atoms with Crippen molar-refractivity contribution >= 4 is 17.4 Å². The maximum Gasteiger partial charge on any atom is 0.224 e. The normalized spacial score (nSPS) is 13.5. The Labute approximate surface area is 137 Å². The zero-order valence-electron chi connectivity index (χ0n) is 13.6. The summed E-state index contributed by atoms with van der Waals surface area (Å²) in [4.78, 5) is 18.5. The molecule has 0 aliphatic carbocycles. The average Bonchev–Trinajstić information content (AvgIpc) is 2.60. The highest BCUT2D eigenvalue weighted by Gasteiger charge is 2.16. The van der Waals surface area contributed by atoms with Crippen LogP contribution >= 0.6 is 0 Å². The first-order valence-electron chi connectivity index (χ1n) is 8.34. The molecule has 0 bridgehead atoms. The number of carbonyl (C=O) groups excluding carboxylic acids is 1. The number of hydrogen-bond acceptors (Lipinski definition) is 3. The lowest BCUT2D eigenvalue weighted by Crippen LogP contribution is -2.30. The fourth-order valence-corrected chi connectivity index (χ4v) is 2.90. The van der Waals surface area contributed by atoms with Crippen molar-refractivity contribution in [3.8, 4) is 0 Å². The van der Waals surface area contributed by atoms with Crippen LogP contribution in [0.15, 0.2) is 42.6 Å². The van der Waals surface area contributed by atoms with Crippen LogP contribution in [-0.2, 0) is 17.8 Å². The van der Waals surface area contributed by atoms with E-state index >= 15 is 0 Å². The van der Waals surface area contributed by atoms with Gasteiger partial charge in [-0.25, -0.2) is 4.98 Å². The maximum absolute atomic E-state index is 11.7. The zero-order chi connectivity index (χ0) is 16.1. The lowest BCUT2D eigenvalue weighted by Gasteiger charge is -2.29. The van der Waals surface area contributed by atoms with Crippen LogP contribution in [0.25, 0.3) is 0 Å². The van der Waals surface area contributed by atoms with E-state index < -0.39 is 0 Å². The molecule has 1 aromatic heterocycles. The van der Waals surface area contributed by atoms with Gasteiger partial charge in [-0.2, -0.15) is 0 Å². The van der Waals surface area contributed by atoms with Gasteiger partial charge in [0.05, 0.1) is 11.9 Å². The number of anilines is 2. The molecule has 4 nitrogen and oxygen atoms in total. The SMILES string of the molecule is CCCCC(=O)Nc1ccc(N2CCc3ccccc3C2)nc1. The molecule has 0 fully saturated rings. The molecule has 4 heteroatoms. The van der Waals surface area contributed by atoms with Gasteiger partial charge < -0.3 is 10.2 Å². The van der Waals surface area contributed by atoms with Gasteiger partial charge in [0.1, 0.15) is 5.82 Å². The van der Waals surface area contributed by atoms with Crippen molar-refractivity contribution in [3.05, 3.63) is 53.7 Å². The largest absolute Gasteiger partial charge is 0.352 e. The molecule has 0 unspecified atom stereocenters. The molecule has 0 radical (unpaired) electrons. The molecule has 3 rings (SSSR count). The number of hydrogen-bond donors (Lipinski definition) is 1. The third-order valence-electron chi connectivity index (χ3n) is 4.24. The van der Waals surface area contributed by atoms with E-state index in [9.17, 15) is 4.79 Å². The monoisotopic (exact) mass is 309 g/mol. The Morgan fingerprint density at radius 3 is 2.78 bits per heavy atom. The second kappa shape index (κ2) is 7.27. The standard InChI is InChI=1S/C19H23N3O/c1-2-3-8-19(23)21-17-9-10-18(20-13-17)22-12-11-15-6-4-5-7-16(15)14-22/h4-7,9-10,13H,2-3,8,11-12,14H2,1H3,(H,21,23). The van der Waals surface area contributed by atoms with Gasteiger partial charge in [-0.3, -0.25) is 4.79 Å². The number of rotatable bonds is 5. The molecular weight excluding hydrogens is 286 g/mol. The highest BCUT2D eigenvalue weighted by Crippen LogP contribution is 2.23. The number of aromatic nitrogens is 1. The van der Waals surface area contributed by atoms with Crippen molar-refractivity contribution in [1.29, 1.82) is 0 Å². The fourth-order valence-electron chi connectivity index (χ4n) is 2.90. The summed E-state index contributed by atoms with van der Waals surface area (Å²) in [6.45, 7) is 3.96. The summed E-state index contributed by atoms with van der Waals surface area (Å²) in [5, 5.41) is 2.90. The number of nitrogens with one attached hydrogen (secondary N) is 1. The number of carbonyl (C=O) groups is 1. The second-order valence-corrected chi connectivity index (χ2v) is 6.00. The summed E-state index contributed by atoms with van der Waals surface area (Å²) in [5.41, 5.74) is 3.58. The number of nitrogens with zero attached hydrogens (tertiary/aromatic N) is 2. The Morgan fingerprint density at radius 1 is 1.22 bits per heavy atom. The minimum Gasteiger partial charge on any atom is -0.352 e. The van der Waals surface area contributed by atoms with E-state index in [1.807, 2.05) is 12.1 Å². The third-order valence-corrected chi connectivity index (χ3v) is 4.24. The van der Waals surface area contributed by atoms with E-state index in [4.69, 9.17) is 0 Å². The smallest absolute Gasteiger partial charge is 0.224 e. The molecule has 23 heavy (non-hydrogen) atoms. The molecule has 2 heterocycles. The average molecular weight is 309 g/mol. The van der Waals surface area contributed by atoms with E-state index in [-0.39, 0.29) is 5.91 Å². The molecule has 0 saturated carbocycles. The maximum atomic E-state index is 11.7. The minimum absolute atomic E-state index is 0.0632. The van der Waals surface area contributed by atoms with Crippen LogP contribution in [0, 0.1) is 0 Å². The Bertz CT molecular complexity index is 667. The van der Waals surface area contributed by atoms with Gasteiger partial charge in [-0.15, -0.1) is 0 Å². The Morgan fingerprint density at radius 2 is 2.04 bits per heavy atom. The summed E-state index contributed by atoms with van der Waals surface area (Å²) in [6, 6.07) is 12.5. The van der Waals surface area contributed by atoms with Crippen LogP contribution in [-0.4, -0.2) is 17.4 Å². The van der Waals surface area contributed by atoms with Crippen LogP contribution in [0.5, 0.6) is 0 Å². The van der Waals surface area contributed by atoms with Crippen molar-refractivity contribution in [3.63, 3.8) is 0 Å². The summed E-state index contributed by atoms with van der Waals surface area (Å²) in [7, 11) is 0. The van der Waals surface area contributed by atoms with Crippen molar-refractivity contribution in [2.24, 2.45) is 0 Å². The first-order chi connectivity index (χ1) is 11.3. The molecule has 1 aliphatic heterocycles. The van der Waals surface area contributed by atoms with Crippen molar-refractivity contribution in [2.75, 3.05) is 16.8 Å². The van der Waals surface area contributed by atoms with Crippen LogP contribution < -0.4 is 10.2 Å². The predicted molar refractivity (Wildman–Crippen MR) is 93.6 cm³/mol. The lowest BCUT2D eigenvalue weighted by atomic mass is 10.00. The number of amides is 1. The number of fused-ring (bicyclic) bond motifs is 1. The quantitative estimate of drug-likeness (QED) is 0.914. The van der Waals surface area contributed by atoms with E-state index in [1.165, 1.54) is 11.1 Å². The van der Waals surface area contributed by atoms with Crippen LogP contribution in [0.3, 0.4) is 0 Å². The van der Waals surface area contributed by atoms with Gasteiger partial charge in [-0.1, -0.05) is 37.6 Å². The molecule has 1 aromatic carbocycles. The highest BCUT2D eigenvalue weighted by atomic mass is 16.1. The number of pyridine rings is 1. The topological polar surface area (TPSA) is 45.2 Å². The third kappa shape index (κ3) is 3.89. The molecule has 1 N–H and O–H groups in total. The Balaban J connectivity index is 1.63. The lowest BCUT2D eigenvalue weighted by molar-refractivity contribution is -0.116. The first kappa shape index (κ1) is 15.5. The summed E-state index contributed by atoms with van der Waals surface area (Å²) >= 11 is 0. The van der Waals surface area contributed by atoms with E-state index in [0.717, 1.165) is 43.9 Å². The number of benzene rings is 1. The van der Waals surface area contributed by atoms with Crippen molar-refractivity contribution in [1.82, 2.24) is 4.98 Å². The van der Waals surface area contributed by atoms with Gasteiger partial charge in [0.2, 0.25) is 5.91 Å². The molecule has 2 aromatic rings. The van der Waals surface area contributed by atoms with Crippen LogP contribution in [0.4, 0.5) is 11.5 Å². The zero-order valence-corrected chi connectivity index (χ0v) is 13.6. The van der Waals surface area contributed by atoms with Gasteiger partial charge in [-0.05, 0) is 36.1 Å². The molecule has 1 aliphatic rings. The van der Waals surface area contributed by atoms with Crippen LogP contribution in [0.1, 0.15) is 37.3 Å². The Kier molecular flexibility index (Phi) is 4.91. The van der Waals surface area contributed by atoms with Crippen molar-refractivity contribution < 1.29 is 4.79 Å². The molecule has 0 saturated heterocycles. The fraction of sp³-hybridized carbons (Fsp3) is 0.368. The van der Waals surface area contributed by atoms with Gasteiger partial charge in [0, 0.05) is 19.5 Å². The second-order valence-electron chi connectivity index (χ2n) is 6.00. The molecule has 1 amide bonds.